The van der Waals surface area contributed by atoms with Crippen LogP contribution in [0.1, 0.15) is 25.7 Å². The third kappa shape index (κ3) is 2.75. The number of nitrogens with one attached hydrogen (secondary N) is 1. The first kappa shape index (κ1) is 16.8. The number of hydrogen-bond donors (Lipinski definition) is 2. The van der Waals surface area contributed by atoms with E-state index in [2.05, 4.69) is 5.32 Å². The molecule has 2 heterocycles. The Labute approximate surface area is 127 Å². The molecule has 3 fully saturated rings. The SMILES string of the molecule is Cl.O=C(C1CC12CCNCC2)N1CCC(O)(C(F)(F)F)C1. The first-order valence-corrected chi connectivity index (χ1v) is 7.06. The molecule has 0 aromatic carbocycles. The van der Waals surface area contributed by atoms with E-state index in [0.29, 0.717) is 0 Å². The van der Waals surface area contributed by atoms with Gasteiger partial charge < -0.3 is 15.3 Å². The number of carbonyl (C=O) groups excluding carboxylic acids is 1. The second kappa shape index (κ2) is 5.28. The third-order valence-electron chi connectivity index (χ3n) is 5.17. The monoisotopic (exact) mass is 328 g/mol. The number of likely N-dealkylation sites (tertiary alicyclic amines) is 1. The average molecular weight is 329 g/mol. The number of halogens is 4. The Hall–Kier alpha value is -0.530. The van der Waals surface area contributed by atoms with Crippen molar-refractivity contribution in [1.29, 1.82) is 0 Å². The Kier molecular flexibility index (Phi) is 4.23. The van der Waals surface area contributed by atoms with Gasteiger partial charge in [-0.2, -0.15) is 13.2 Å². The standard InChI is InChI=1S/C13H19F3N2O2.ClH/c14-13(15,16)12(20)3-6-18(8-12)10(19)9-7-11(9)1-4-17-5-2-11;/h9,17,20H,1-8H2;1H. The smallest absolute Gasteiger partial charge is 0.379 e. The highest BCUT2D eigenvalue weighted by Gasteiger charge is 2.62. The molecule has 0 bridgehead atoms. The molecule has 4 nitrogen and oxygen atoms in total. The Morgan fingerprint density at radius 2 is 1.86 bits per heavy atom. The molecule has 1 amide bonds. The van der Waals surface area contributed by atoms with Crippen LogP contribution in [-0.2, 0) is 4.79 Å². The second-order valence-electron chi connectivity index (χ2n) is 6.41. The highest BCUT2D eigenvalue weighted by molar-refractivity contribution is 5.85. The van der Waals surface area contributed by atoms with Crippen molar-refractivity contribution in [3.63, 3.8) is 0 Å². The van der Waals surface area contributed by atoms with Crippen LogP contribution in [0.3, 0.4) is 0 Å². The lowest BCUT2D eigenvalue weighted by atomic mass is 9.91. The van der Waals surface area contributed by atoms with Crippen molar-refractivity contribution in [3.05, 3.63) is 0 Å². The summed E-state index contributed by atoms with van der Waals surface area (Å²) in [5.41, 5.74) is -2.71. The summed E-state index contributed by atoms with van der Waals surface area (Å²) in [6.45, 7) is 1.13. The number of aliphatic hydroxyl groups is 1. The molecule has 2 saturated heterocycles. The predicted molar refractivity (Wildman–Crippen MR) is 72.1 cm³/mol. The molecule has 2 N–H and O–H groups in total. The van der Waals surface area contributed by atoms with Gasteiger partial charge in [0.1, 0.15) is 0 Å². The van der Waals surface area contributed by atoms with E-state index in [-0.39, 0.29) is 36.2 Å². The van der Waals surface area contributed by atoms with Crippen LogP contribution in [0.15, 0.2) is 0 Å². The van der Waals surface area contributed by atoms with Gasteiger partial charge in [0.15, 0.2) is 5.60 Å². The Morgan fingerprint density at radius 3 is 2.38 bits per heavy atom. The maximum absolute atomic E-state index is 12.8. The lowest BCUT2D eigenvalue weighted by Gasteiger charge is -2.27. The van der Waals surface area contributed by atoms with E-state index in [4.69, 9.17) is 0 Å². The van der Waals surface area contributed by atoms with Crippen molar-refractivity contribution in [1.82, 2.24) is 10.2 Å². The van der Waals surface area contributed by atoms with E-state index in [1.54, 1.807) is 0 Å². The fourth-order valence-electron chi connectivity index (χ4n) is 3.61. The molecule has 1 aliphatic carbocycles. The number of piperidine rings is 1. The number of β-amino-alcohol motifs (C(OH)–C–C–N with tert-alkyl or cyclic N) is 1. The molecule has 8 heteroatoms. The van der Waals surface area contributed by atoms with Gasteiger partial charge in [-0.3, -0.25) is 4.79 Å². The highest BCUT2D eigenvalue weighted by atomic mass is 35.5. The Bertz CT molecular complexity index is 426. The van der Waals surface area contributed by atoms with Gasteiger partial charge in [0.2, 0.25) is 5.91 Å². The van der Waals surface area contributed by atoms with Gasteiger partial charge in [0, 0.05) is 18.9 Å². The molecule has 1 spiro atoms. The molecule has 21 heavy (non-hydrogen) atoms. The molecule has 3 aliphatic rings. The van der Waals surface area contributed by atoms with Crippen molar-refractivity contribution in [2.45, 2.75) is 37.5 Å². The van der Waals surface area contributed by atoms with Crippen LogP contribution in [0.2, 0.25) is 0 Å². The molecule has 2 aliphatic heterocycles. The van der Waals surface area contributed by atoms with Crippen molar-refractivity contribution in [2.75, 3.05) is 26.2 Å². The molecule has 3 rings (SSSR count). The quantitative estimate of drug-likeness (QED) is 0.763. The van der Waals surface area contributed by atoms with Gasteiger partial charge in [-0.15, -0.1) is 12.4 Å². The van der Waals surface area contributed by atoms with Gasteiger partial charge >= 0.3 is 6.18 Å². The molecule has 2 atom stereocenters. The zero-order valence-electron chi connectivity index (χ0n) is 11.6. The van der Waals surface area contributed by atoms with Gasteiger partial charge in [-0.05, 0) is 37.8 Å². The van der Waals surface area contributed by atoms with Crippen molar-refractivity contribution in [2.24, 2.45) is 11.3 Å². The first-order chi connectivity index (χ1) is 9.28. The van der Waals surface area contributed by atoms with Crippen LogP contribution in [0.25, 0.3) is 0 Å². The minimum atomic E-state index is -4.67. The van der Waals surface area contributed by atoms with E-state index in [9.17, 15) is 23.1 Å². The topological polar surface area (TPSA) is 52.6 Å². The Balaban J connectivity index is 0.00000161. The van der Waals surface area contributed by atoms with Gasteiger partial charge in [0.05, 0.1) is 6.54 Å². The number of hydrogen-bond acceptors (Lipinski definition) is 3. The summed E-state index contributed by atoms with van der Waals surface area (Å²) in [7, 11) is 0. The third-order valence-corrected chi connectivity index (χ3v) is 5.17. The van der Waals surface area contributed by atoms with Crippen molar-refractivity contribution >= 4 is 18.3 Å². The van der Waals surface area contributed by atoms with Crippen LogP contribution in [-0.4, -0.2) is 53.9 Å². The normalized spacial score (nSPS) is 34.7. The zero-order chi connectivity index (χ0) is 14.6. The Morgan fingerprint density at radius 1 is 1.24 bits per heavy atom. The maximum Gasteiger partial charge on any atom is 0.419 e. The largest absolute Gasteiger partial charge is 0.419 e. The van der Waals surface area contributed by atoms with Crippen LogP contribution in [0, 0.1) is 11.3 Å². The predicted octanol–water partition coefficient (Wildman–Crippen LogP) is 1.32. The summed E-state index contributed by atoms with van der Waals surface area (Å²) in [6, 6.07) is 0. The molecule has 1 saturated carbocycles. The molecule has 122 valence electrons. The fourth-order valence-corrected chi connectivity index (χ4v) is 3.61. The summed E-state index contributed by atoms with van der Waals surface area (Å²) in [6.07, 6.45) is -2.46. The number of amides is 1. The number of nitrogens with zero attached hydrogens (tertiary/aromatic N) is 1. The van der Waals surface area contributed by atoms with E-state index < -0.39 is 24.7 Å². The van der Waals surface area contributed by atoms with E-state index in [0.717, 1.165) is 32.4 Å². The minimum Gasteiger partial charge on any atom is -0.379 e. The summed E-state index contributed by atoms with van der Waals surface area (Å²) in [5.74, 6) is -0.341. The minimum absolute atomic E-state index is 0. The lowest BCUT2D eigenvalue weighted by molar-refractivity contribution is -0.253. The summed E-state index contributed by atoms with van der Waals surface area (Å²) >= 11 is 0. The van der Waals surface area contributed by atoms with Crippen LogP contribution in [0.5, 0.6) is 0 Å². The van der Waals surface area contributed by atoms with E-state index >= 15 is 0 Å². The molecule has 2 unspecified atom stereocenters. The van der Waals surface area contributed by atoms with Crippen LogP contribution >= 0.6 is 12.4 Å². The van der Waals surface area contributed by atoms with Crippen LogP contribution < -0.4 is 5.32 Å². The van der Waals surface area contributed by atoms with Crippen molar-refractivity contribution in [3.8, 4) is 0 Å². The molecular formula is C13H20ClF3N2O2. The van der Waals surface area contributed by atoms with Crippen LogP contribution in [0.4, 0.5) is 13.2 Å². The molecular weight excluding hydrogens is 309 g/mol. The maximum atomic E-state index is 12.8. The average Bonchev–Trinajstić information content (AvgIpc) is 2.89. The lowest BCUT2D eigenvalue weighted by Crippen LogP contribution is -2.48. The molecule has 0 radical (unpaired) electrons. The van der Waals surface area contributed by atoms with Crippen molar-refractivity contribution < 1.29 is 23.1 Å². The first-order valence-electron chi connectivity index (χ1n) is 7.06. The van der Waals surface area contributed by atoms with E-state index in [1.165, 1.54) is 4.90 Å². The zero-order valence-corrected chi connectivity index (χ0v) is 12.4. The fraction of sp³-hybridized carbons (Fsp3) is 0.923. The summed E-state index contributed by atoms with van der Waals surface area (Å²) < 4.78 is 38.3. The number of alkyl halides is 3. The highest BCUT2D eigenvalue weighted by Crippen LogP contribution is 2.59. The summed E-state index contributed by atoms with van der Waals surface area (Å²) in [4.78, 5) is 13.5. The van der Waals surface area contributed by atoms with Gasteiger partial charge in [-0.1, -0.05) is 0 Å². The molecule has 0 aromatic rings. The van der Waals surface area contributed by atoms with Gasteiger partial charge in [-0.25, -0.2) is 0 Å². The second-order valence-corrected chi connectivity index (χ2v) is 6.41. The number of rotatable bonds is 1. The van der Waals surface area contributed by atoms with Gasteiger partial charge in [0.25, 0.3) is 0 Å². The molecule has 0 aromatic heterocycles. The van der Waals surface area contributed by atoms with E-state index in [1.807, 2.05) is 0 Å². The number of carbonyl (C=O) groups is 1. The summed E-state index contributed by atoms with van der Waals surface area (Å²) in [5, 5.41) is 12.9.